The Morgan fingerprint density at radius 2 is 1.22 bits per heavy atom. The molecular weight excluding hydrogens is 759 g/mol. The van der Waals surface area contributed by atoms with E-state index in [1.165, 1.54) is 32.1 Å². The van der Waals surface area contributed by atoms with E-state index < -0.39 is 23.7 Å². The molecule has 0 bridgehead atoms. The maximum absolute atomic E-state index is 14.0. The molecule has 2 aromatic heterocycles. The lowest BCUT2D eigenvalue weighted by atomic mass is 9.78. The summed E-state index contributed by atoms with van der Waals surface area (Å²) in [6.07, 6.45) is 16.6. The summed E-state index contributed by atoms with van der Waals surface area (Å²) in [7, 11) is 9.66. The van der Waals surface area contributed by atoms with Gasteiger partial charge in [-0.3, -0.25) is 24.4 Å². The van der Waals surface area contributed by atoms with Gasteiger partial charge in [-0.2, -0.15) is 9.97 Å². The van der Waals surface area contributed by atoms with Crippen LogP contribution in [0.4, 0.5) is 0 Å². The predicted octanol–water partition coefficient (Wildman–Crippen LogP) is 5.84. The monoisotopic (exact) mass is 830 g/mol. The Bertz CT molecular complexity index is 1580. The molecule has 0 saturated heterocycles. The van der Waals surface area contributed by atoms with Gasteiger partial charge < -0.3 is 33.8 Å². The van der Waals surface area contributed by atoms with Crippen LogP contribution in [-0.4, -0.2) is 142 Å². The summed E-state index contributed by atoms with van der Waals surface area (Å²) in [4.78, 5) is 67.5. The SMILES string of the molecule is CN(C)CCCN(C)C(=O)c1noc([C@H](CCCC2CCCC(CN(CCCN(C)C)C(=O)c3noc([C@H](CCCC4CCCCC4)CC(=O)O)n3)C2)CC(=O)NO)n1. The van der Waals surface area contributed by atoms with Gasteiger partial charge >= 0.3 is 5.97 Å². The van der Waals surface area contributed by atoms with Gasteiger partial charge in [-0.15, -0.1) is 0 Å². The fourth-order valence-electron chi connectivity index (χ4n) is 8.90. The van der Waals surface area contributed by atoms with Crippen molar-refractivity contribution in [1.82, 2.24) is 45.4 Å². The summed E-state index contributed by atoms with van der Waals surface area (Å²) in [6, 6.07) is 0. The molecule has 2 saturated carbocycles. The van der Waals surface area contributed by atoms with E-state index in [-0.39, 0.29) is 54.0 Å². The highest BCUT2D eigenvalue weighted by molar-refractivity contribution is 5.90. The van der Waals surface area contributed by atoms with Crippen molar-refractivity contribution in [3.63, 3.8) is 0 Å². The Kier molecular flexibility index (Phi) is 20.2. The number of carbonyl (C=O) groups is 4. The van der Waals surface area contributed by atoms with E-state index in [1.807, 2.05) is 38.0 Å². The lowest BCUT2D eigenvalue weighted by Crippen LogP contribution is -2.39. The lowest BCUT2D eigenvalue weighted by molar-refractivity contribution is -0.137. The first-order chi connectivity index (χ1) is 28.3. The number of aromatic nitrogens is 4. The second-order valence-electron chi connectivity index (χ2n) is 17.7. The average Bonchev–Trinajstić information content (AvgIpc) is 3.91. The van der Waals surface area contributed by atoms with Crippen molar-refractivity contribution in [3.05, 3.63) is 23.4 Å². The molecule has 0 spiro atoms. The molecule has 17 nitrogen and oxygen atoms in total. The Morgan fingerprint density at radius 1 is 0.678 bits per heavy atom. The van der Waals surface area contributed by atoms with Crippen molar-refractivity contribution in [3.8, 4) is 0 Å². The zero-order chi connectivity index (χ0) is 42.7. The number of nitrogens with one attached hydrogen (secondary N) is 1. The predicted molar refractivity (Wildman–Crippen MR) is 220 cm³/mol. The Hall–Kier alpha value is -3.96. The van der Waals surface area contributed by atoms with Crippen LogP contribution in [0.2, 0.25) is 0 Å². The number of hydrogen-bond acceptors (Lipinski definition) is 13. The first-order valence-corrected chi connectivity index (χ1v) is 22.0. The zero-order valence-electron chi connectivity index (χ0n) is 36.3. The molecule has 2 aliphatic carbocycles. The second-order valence-corrected chi connectivity index (χ2v) is 17.7. The number of aliphatic carboxylic acids is 1. The fraction of sp³-hybridized carbons (Fsp3) is 0.810. The fourth-order valence-corrected chi connectivity index (χ4v) is 8.90. The summed E-state index contributed by atoms with van der Waals surface area (Å²) in [6.45, 7) is 3.29. The lowest BCUT2D eigenvalue weighted by Gasteiger charge is -2.33. The quantitative estimate of drug-likeness (QED) is 0.0752. The molecule has 3 amide bonds. The summed E-state index contributed by atoms with van der Waals surface area (Å²) in [5.41, 5.74) is 1.70. The largest absolute Gasteiger partial charge is 0.481 e. The molecule has 0 radical (unpaired) electrons. The maximum Gasteiger partial charge on any atom is 0.304 e. The maximum atomic E-state index is 14.0. The highest BCUT2D eigenvalue weighted by Gasteiger charge is 2.31. The Labute approximate surface area is 349 Å². The topological polar surface area (TPSA) is 212 Å². The molecule has 0 aliphatic heterocycles. The van der Waals surface area contributed by atoms with Gasteiger partial charge in [0.1, 0.15) is 0 Å². The summed E-state index contributed by atoms with van der Waals surface area (Å²) in [5, 5.41) is 27.0. The minimum atomic E-state index is -0.924. The van der Waals surface area contributed by atoms with E-state index in [0.717, 1.165) is 77.3 Å². The summed E-state index contributed by atoms with van der Waals surface area (Å²) in [5.74, 6) is -1.29. The number of carbonyl (C=O) groups excluding carboxylic acids is 3. The van der Waals surface area contributed by atoms with Crippen LogP contribution < -0.4 is 5.48 Å². The van der Waals surface area contributed by atoms with E-state index in [4.69, 9.17) is 9.05 Å². The molecule has 2 heterocycles. The van der Waals surface area contributed by atoms with Gasteiger partial charge in [0.25, 0.3) is 23.5 Å². The minimum Gasteiger partial charge on any atom is -0.481 e. The average molecular weight is 830 g/mol. The zero-order valence-corrected chi connectivity index (χ0v) is 36.3. The van der Waals surface area contributed by atoms with Crippen LogP contribution in [0, 0.1) is 17.8 Å². The normalized spacial score (nSPS) is 18.5. The number of rotatable bonds is 26. The molecule has 332 valence electrons. The van der Waals surface area contributed by atoms with E-state index in [0.29, 0.717) is 44.3 Å². The molecule has 17 heteroatoms. The van der Waals surface area contributed by atoms with Crippen LogP contribution in [0.3, 0.4) is 0 Å². The Morgan fingerprint density at radius 3 is 1.81 bits per heavy atom. The Balaban J connectivity index is 1.35. The molecule has 4 rings (SSSR count). The first-order valence-electron chi connectivity index (χ1n) is 22.0. The van der Waals surface area contributed by atoms with Gasteiger partial charge in [-0.05, 0) is 97.6 Å². The third-order valence-electron chi connectivity index (χ3n) is 12.1. The molecule has 2 fully saturated rings. The van der Waals surface area contributed by atoms with E-state index in [2.05, 4.69) is 25.2 Å². The molecule has 59 heavy (non-hydrogen) atoms. The number of nitrogens with zero attached hydrogens (tertiary/aromatic N) is 8. The number of hydroxylamine groups is 1. The number of hydrogen-bond donors (Lipinski definition) is 3. The van der Waals surface area contributed by atoms with Gasteiger partial charge in [0, 0.05) is 44.9 Å². The smallest absolute Gasteiger partial charge is 0.304 e. The van der Waals surface area contributed by atoms with Gasteiger partial charge in [-0.25, -0.2) is 5.48 Å². The first kappa shape index (κ1) is 47.7. The van der Waals surface area contributed by atoms with Crippen LogP contribution in [0.15, 0.2) is 9.05 Å². The van der Waals surface area contributed by atoms with Crippen LogP contribution in [0.5, 0.6) is 0 Å². The van der Waals surface area contributed by atoms with Gasteiger partial charge in [0.15, 0.2) is 0 Å². The standard InChI is InChI=1S/C42H71N9O8/c1-48(2)22-12-24-50(5)41(55)37-43-39(58-46-37)33(27-35(52)45-57)20-11-18-31-17-9-19-32(26-31)29-51(25-13-23-49(3)4)42(56)38-44-40(59-47-38)34(28-36(53)54)21-10-16-30-14-7-6-8-15-30/h30-34,57H,6-29H2,1-5H3,(H,45,52)(H,53,54)/t31?,32?,33-,34-/m1/s1. The van der Waals surface area contributed by atoms with Gasteiger partial charge in [0.05, 0.1) is 6.42 Å². The van der Waals surface area contributed by atoms with Crippen LogP contribution in [-0.2, 0) is 9.59 Å². The molecule has 2 aliphatic rings. The minimum absolute atomic E-state index is 0.0142. The van der Waals surface area contributed by atoms with E-state index in [1.54, 1.807) is 17.4 Å². The summed E-state index contributed by atoms with van der Waals surface area (Å²) < 4.78 is 11.1. The molecule has 4 atom stereocenters. The number of carboxylic acids is 1. The second kappa shape index (κ2) is 25.0. The third kappa shape index (κ3) is 16.5. The molecule has 2 aromatic rings. The van der Waals surface area contributed by atoms with Gasteiger partial charge in [0.2, 0.25) is 17.7 Å². The van der Waals surface area contributed by atoms with Crippen molar-refractivity contribution < 1.29 is 38.5 Å². The summed E-state index contributed by atoms with van der Waals surface area (Å²) >= 11 is 0. The highest BCUT2D eigenvalue weighted by Crippen LogP contribution is 2.35. The van der Waals surface area contributed by atoms with E-state index >= 15 is 0 Å². The van der Waals surface area contributed by atoms with Gasteiger partial charge in [-0.1, -0.05) is 80.9 Å². The molecule has 0 aromatic carbocycles. The third-order valence-corrected chi connectivity index (χ3v) is 12.1. The van der Waals surface area contributed by atoms with Crippen molar-refractivity contribution in [2.24, 2.45) is 17.8 Å². The van der Waals surface area contributed by atoms with Crippen molar-refractivity contribution in [2.45, 2.75) is 134 Å². The van der Waals surface area contributed by atoms with Crippen molar-refractivity contribution >= 4 is 23.7 Å². The molecule has 2 unspecified atom stereocenters. The van der Waals surface area contributed by atoms with Crippen LogP contribution in [0.25, 0.3) is 0 Å². The molecule has 3 N–H and O–H groups in total. The highest BCUT2D eigenvalue weighted by atomic mass is 16.5. The van der Waals surface area contributed by atoms with Crippen LogP contribution in [0.1, 0.15) is 167 Å². The number of carboxylic acid groups (broad SMARTS) is 1. The van der Waals surface area contributed by atoms with Crippen molar-refractivity contribution in [2.75, 3.05) is 68.0 Å². The molecular formula is C42H71N9O8. The van der Waals surface area contributed by atoms with Crippen molar-refractivity contribution in [1.29, 1.82) is 0 Å². The number of amides is 3. The van der Waals surface area contributed by atoms with E-state index in [9.17, 15) is 29.5 Å². The van der Waals surface area contributed by atoms with Crippen LogP contribution >= 0.6 is 0 Å².